The predicted octanol–water partition coefficient (Wildman–Crippen LogP) is 6.01. The normalized spacial score (nSPS) is 29.7. The minimum atomic E-state index is 0.541. The third-order valence-corrected chi connectivity index (χ3v) is 8.34. The molecule has 0 amide bonds. The van der Waals surface area contributed by atoms with Crippen molar-refractivity contribution in [3.8, 4) is 11.5 Å². The summed E-state index contributed by atoms with van der Waals surface area (Å²) < 4.78 is 11.7. The van der Waals surface area contributed by atoms with Crippen LogP contribution in [-0.2, 0) is 13.0 Å². The zero-order valence-corrected chi connectivity index (χ0v) is 19.1. The van der Waals surface area contributed by atoms with E-state index in [-0.39, 0.29) is 0 Å². The van der Waals surface area contributed by atoms with Gasteiger partial charge in [0.15, 0.2) is 11.5 Å². The van der Waals surface area contributed by atoms with E-state index in [1.807, 2.05) is 6.07 Å². The molecule has 3 nitrogen and oxygen atoms in total. The molecule has 4 bridgehead atoms. The molecule has 1 N–H and O–H groups in total. The van der Waals surface area contributed by atoms with Crippen molar-refractivity contribution >= 4 is 0 Å². The first-order valence-electron chi connectivity index (χ1n) is 12.2. The summed E-state index contributed by atoms with van der Waals surface area (Å²) in [5.41, 5.74) is 3.10. The highest BCUT2D eigenvalue weighted by Gasteiger charge is 2.52. The van der Waals surface area contributed by atoms with Crippen molar-refractivity contribution in [2.24, 2.45) is 23.2 Å². The van der Waals surface area contributed by atoms with Crippen LogP contribution in [0, 0.1) is 23.2 Å². The average Bonchev–Trinajstić information content (AvgIpc) is 2.78. The molecule has 1 atom stereocenters. The van der Waals surface area contributed by atoms with Gasteiger partial charge in [0.25, 0.3) is 0 Å². The smallest absolute Gasteiger partial charge is 0.161 e. The minimum Gasteiger partial charge on any atom is -0.493 e. The Labute approximate surface area is 187 Å². The van der Waals surface area contributed by atoms with Crippen LogP contribution in [0.3, 0.4) is 0 Å². The summed E-state index contributed by atoms with van der Waals surface area (Å²) in [6.07, 6.45) is 9.77. The molecule has 2 aromatic carbocycles. The number of methoxy groups -OCH3 is 1. The van der Waals surface area contributed by atoms with E-state index in [0.717, 1.165) is 42.2 Å². The van der Waals surface area contributed by atoms with Gasteiger partial charge in [-0.1, -0.05) is 36.4 Å². The van der Waals surface area contributed by atoms with E-state index in [0.29, 0.717) is 18.1 Å². The van der Waals surface area contributed by atoms with Crippen molar-refractivity contribution in [2.45, 2.75) is 64.5 Å². The lowest BCUT2D eigenvalue weighted by Gasteiger charge is -2.59. The number of ether oxygens (including phenoxy) is 2. The van der Waals surface area contributed by atoms with Crippen LogP contribution >= 0.6 is 0 Å². The Hall–Kier alpha value is -2.00. The quantitative estimate of drug-likeness (QED) is 0.540. The fourth-order valence-electron chi connectivity index (χ4n) is 7.06. The van der Waals surface area contributed by atoms with Crippen molar-refractivity contribution in [3.05, 3.63) is 59.7 Å². The summed E-state index contributed by atoms with van der Waals surface area (Å²) in [5.74, 6) is 4.67. The van der Waals surface area contributed by atoms with Crippen LogP contribution in [0.25, 0.3) is 0 Å². The first-order valence-corrected chi connectivity index (χ1v) is 12.2. The van der Waals surface area contributed by atoms with Gasteiger partial charge in [-0.25, -0.2) is 0 Å². The van der Waals surface area contributed by atoms with Crippen molar-refractivity contribution in [1.82, 2.24) is 5.32 Å². The molecule has 4 aliphatic rings. The molecule has 0 saturated heterocycles. The highest BCUT2D eigenvalue weighted by Crippen LogP contribution is 2.61. The first-order chi connectivity index (χ1) is 15.1. The Balaban J connectivity index is 1.17. The molecule has 0 aliphatic heterocycles. The zero-order chi connectivity index (χ0) is 21.3. The van der Waals surface area contributed by atoms with Crippen LogP contribution in [0.5, 0.6) is 11.5 Å². The molecule has 2 aromatic rings. The van der Waals surface area contributed by atoms with Crippen LogP contribution in [0.4, 0.5) is 0 Å². The maximum Gasteiger partial charge on any atom is 0.161 e. The highest BCUT2D eigenvalue weighted by molar-refractivity contribution is 5.43. The van der Waals surface area contributed by atoms with Gasteiger partial charge < -0.3 is 14.8 Å². The van der Waals surface area contributed by atoms with Gasteiger partial charge in [-0.2, -0.15) is 0 Å². The summed E-state index contributed by atoms with van der Waals surface area (Å²) in [6, 6.07) is 17.4. The SMILES string of the molecule is COc1cc(CN[C@@H](C)C23CC4CC(CC(C4)C2)C3)ccc1OCCc1ccccc1. The molecule has 0 unspecified atom stereocenters. The van der Waals surface area contributed by atoms with Crippen molar-refractivity contribution in [3.63, 3.8) is 0 Å². The second-order valence-corrected chi connectivity index (χ2v) is 10.5. The van der Waals surface area contributed by atoms with E-state index in [4.69, 9.17) is 9.47 Å². The molecule has 6 rings (SSSR count). The van der Waals surface area contributed by atoms with Crippen molar-refractivity contribution < 1.29 is 9.47 Å². The molecule has 4 fully saturated rings. The lowest BCUT2D eigenvalue weighted by atomic mass is 9.48. The van der Waals surface area contributed by atoms with E-state index in [2.05, 4.69) is 54.7 Å². The van der Waals surface area contributed by atoms with Gasteiger partial charge in [0.1, 0.15) is 0 Å². The van der Waals surface area contributed by atoms with Crippen LogP contribution in [0.2, 0.25) is 0 Å². The molecule has 0 radical (unpaired) electrons. The Bertz CT molecular complexity index is 843. The second kappa shape index (κ2) is 8.86. The maximum absolute atomic E-state index is 6.03. The molecule has 0 spiro atoms. The number of hydrogen-bond donors (Lipinski definition) is 1. The molecule has 4 saturated carbocycles. The van der Waals surface area contributed by atoms with Crippen molar-refractivity contribution in [2.75, 3.05) is 13.7 Å². The molecule has 3 heteroatoms. The fourth-order valence-corrected chi connectivity index (χ4v) is 7.06. The lowest BCUT2D eigenvalue weighted by molar-refractivity contribution is -0.0706. The Morgan fingerprint density at radius 3 is 2.23 bits per heavy atom. The third-order valence-electron chi connectivity index (χ3n) is 8.34. The van der Waals surface area contributed by atoms with E-state index in [1.165, 1.54) is 49.7 Å². The molecule has 166 valence electrons. The lowest BCUT2D eigenvalue weighted by Crippen LogP contribution is -2.54. The molecule has 0 aromatic heterocycles. The van der Waals surface area contributed by atoms with E-state index in [1.54, 1.807) is 7.11 Å². The number of hydrogen-bond acceptors (Lipinski definition) is 3. The summed E-state index contributed by atoms with van der Waals surface area (Å²) >= 11 is 0. The zero-order valence-electron chi connectivity index (χ0n) is 19.1. The predicted molar refractivity (Wildman–Crippen MR) is 126 cm³/mol. The maximum atomic E-state index is 6.03. The summed E-state index contributed by atoms with van der Waals surface area (Å²) in [5, 5.41) is 3.90. The summed E-state index contributed by atoms with van der Waals surface area (Å²) in [7, 11) is 1.73. The Kier molecular flexibility index (Phi) is 5.97. The summed E-state index contributed by atoms with van der Waals surface area (Å²) in [6.45, 7) is 3.98. The van der Waals surface area contributed by atoms with Gasteiger partial charge in [-0.3, -0.25) is 0 Å². The first kappa shape index (κ1) is 20.9. The van der Waals surface area contributed by atoms with Gasteiger partial charge in [0.2, 0.25) is 0 Å². The van der Waals surface area contributed by atoms with Crippen molar-refractivity contribution in [1.29, 1.82) is 0 Å². The van der Waals surface area contributed by atoms with Gasteiger partial charge in [-0.05, 0) is 91.9 Å². The molecule has 0 heterocycles. The number of nitrogens with one attached hydrogen (secondary N) is 1. The van der Waals surface area contributed by atoms with Crippen LogP contribution in [-0.4, -0.2) is 19.8 Å². The minimum absolute atomic E-state index is 0.541. The van der Waals surface area contributed by atoms with Gasteiger partial charge in [0, 0.05) is 19.0 Å². The van der Waals surface area contributed by atoms with Gasteiger partial charge in [0.05, 0.1) is 13.7 Å². The Morgan fingerprint density at radius 1 is 0.903 bits per heavy atom. The van der Waals surface area contributed by atoms with Crippen LogP contribution < -0.4 is 14.8 Å². The average molecular weight is 420 g/mol. The Morgan fingerprint density at radius 2 is 1.58 bits per heavy atom. The summed E-state index contributed by atoms with van der Waals surface area (Å²) in [4.78, 5) is 0. The van der Waals surface area contributed by atoms with Crippen LogP contribution in [0.15, 0.2) is 48.5 Å². The topological polar surface area (TPSA) is 30.5 Å². The van der Waals surface area contributed by atoms with E-state index >= 15 is 0 Å². The number of rotatable bonds is 9. The molecule has 4 aliphatic carbocycles. The highest BCUT2D eigenvalue weighted by atomic mass is 16.5. The largest absolute Gasteiger partial charge is 0.493 e. The third kappa shape index (κ3) is 4.48. The van der Waals surface area contributed by atoms with Gasteiger partial charge in [-0.15, -0.1) is 0 Å². The standard InChI is InChI=1S/C28H37NO2/c1-20(28-16-23-12-24(17-28)14-25(13-23)18-28)29-19-22-8-9-26(27(15-22)30-2)31-11-10-21-6-4-3-5-7-21/h3-9,15,20,23-25,29H,10-14,16-19H2,1-2H3/t20-,23?,24?,25?,28?/m0/s1. The fraction of sp³-hybridized carbons (Fsp3) is 0.571. The van der Waals surface area contributed by atoms with E-state index < -0.39 is 0 Å². The molecular formula is C28H37NO2. The van der Waals surface area contributed by atoms with Gasteiger partial charge >= 0.3 is 0 Å². The molecular weight excluding hydrogens is 382 g/mol. The second-order valence-electron chi connectivity index (χ2n) is 10.5. The monoisotopic (exact) mass is 419 g/mol. The molecule has 31 heavy (non-hydrogen) atoms. The van der Waals surface area contributed by atoms with E-state index in [9.17, 15) is 0 Å². The van der Waals surface area contributed by atoms with Crippen LogP contribution in [0.1, 0.15) is 56.6 Å². The number of benzene rings is 2.